The third-order valence-electron chi connectivity index (χ3n) is 3.01. The molecule has 1 amide bonds. The van der Waals surface area contributed by atoms with Crippen LogP contribution in [0.15, 0.2) is 24.3 Å². The number of carbonyl (C=O) groups excluding carboxylic acids is 1. The first-order chi connectivity index (χ1) is 9.79. The lowest BCUT2D eigenvalue weighted by Gasteiger charge is -2.04. The van der Waals surface area contributed by atoms with Gasteiger partial charge in [0.25, 0.3) is 0 Å². The van der Waals surface area contributed by atoms with Crippen LogP contribution in [0, 0.1) is 0 Å². The first-order valence-corrected chi connectivity index (χ1v) is 7.93. The van der Waals surface area contributed by atoms with E-state index in [1.807, 2.05) is 18.2 Å². The second-order valence-electron chi connectivity index (χ2n) is 4.63. The molecule has 20 heavy (non-hydrogen) atoms. The third-order valence-corrected chi connectivity index (χ3v) is 4.10. The molecule has 1 aromatic carbocycles. The van der Waals surface area contributed by atoms with Crippen LogP contribution in [0.2, 0.25) is 0 Å². The van der Waals surface area contributed by atoms with E-state index in [2.05, 4.69) is 28.6 Å². The molecule has 1 aromatic heterocycles. The summed E-state index contributed by atoms with van der Waals surface area (Å²) < 4.78 is 1.22. The van der Waals surface area contributed by atoms with E-state index in [-0.39, 0.29) is 5.91 Å². The van der Waals surface area contributed by atoms with Crippen molar-refractivity contribution in [2.75, 3.05) is 19.6 Å². The first kappa shape index (κ1) is 14.9. The van der Waals surface area contributed by atoms with Crippen molar-refractivity contribution in [3.05, 3.63) is 29.3 Å². The number of likely N-dealkylation sites (N-methyl/N-ethyl adjacent to an activating group) is 1. The van der Waals surface area contributed by atoms with Crippen molar-refractivity contribution in [2.24, 2.45) is 0 Å². The van der Waals surface area contributed by atoms with Crippen molar-refractivity contribution in [1.29, 1.82) is 0 Å². The molecule has 0 aliphatic rings. The normalized spacial score (nSPS) is 10.8. The van der Waals surface area contributed by atoms with Gasteiger partial charge in [0.05, 0.1) is 15.2 Å². The van der Waals surface area contributed by atoms with Crippen LogP contribution >= 0.6 is 11.3 Å². The molecule has 4 nitrogen and oxygen atoms in total. The summed E-state index contributed by atoms with van der Waals surface area (Å²) in [7, 11) is 0. The maximum Gasteiger partial charge on any atom is 0.220 e. The minimum Gasteiger partial charge on any atom is -0.355 e. The van der Waals surface area contributed by atoms with Crippen molar-refractivity contribution in [3.8, 4) is 0 Å². The first-order valence-electron chi connectivity index (χ1n) is 7.11. The van der Waals surface area contributed by atoms with Crippen molar-refractivity contribution in [2.45, 2.75) is 26.2 Å². The number of carbonyl (C=O) groups is 1. The van der Waals surface area contributed by atoms with Crippen LogP contribution in [0.4, 0.5) is 0 Å². The Balaban J connectivity index is 1.68. The SMILES string of the molecule is CCNCCNC(=O)CCCc1nc2ccccc2s1. The minimum absolute atomic E-state index is 0.129. The van der Waals surface area contributed by atoms with Crippen LogP contribution in [-0.4, -0.2) is 30.5 Å². The molecule has 0 bridgehead atoms. The summed E-state index contributed by atoms with van der Waals surface area (Å²) >= 11 is 1.72. The highest BCUT2D eigenvalue weighted by atomic mass is 32.1. The van der Waals surface area contributed by atoms with Gasteiger partial charge in [-0.3, -0.25) is 4.79 Å². The quantitative estimate of drug-likeness (QED) is 0.734. The van der Waals surface area contributed by atoms with E-state index in [9.17, 15) is 4.79 Å². The van der Waals surface area contributed by atoms with Gasteiger partial charge in [-0.2, -0.15) is 0 Å². The molecule has 0 aliphatic heterocycles. The molecule has 0 saturated carbocycles. The number of hydrogen-bond donors (Lipinski definition) is 2. The largest absolute Gasteiger partial charge is 0.355 e. The molecule has 5 heteroatoms. The molecule has 0 fully saturated rings. The molecule has 108 valence electrons. The van der Waals surface area contributed by atoms with E-state index < -0.39 is 0 Å². The Labute approximate surface area is 123 Å². The second-order valence-corrected chi connectivity index (χ2v) is 5.75. The Kier molecular flexibility index (Phi) is 5.95. The predicted molar refractivity (Wildman–Crippen MR) is 84.1 cm³/mol. The smallest absolute Gasteiger partial charge is 0.220 e. The standard InChI is InChI=1S/C15H21N3OS/c1-2-16-10-11-17-14(19)8-5-9-15-18-12-6-3-4-7-13(12)20-15/h3-4,6-7,16H,2,5,8-11H2,1H3,(H,17,19). The fraction of sp³-hybridized carbons (Fsp3) is 0.467. The second kappa shape index (κ2) is 7.97. The number of amides is 1. The van der Waals surface area contributed by atoms with Gasteiger partial charge in [-0.1, -0.05) is 19.1 Å². The molecule has 0 spiro atoms. The van der Waals surface area contributed by atoms with Gasteiger partial charge in [0.1, 0.15) is 0 Å². The average Bonchev–Trinajstić information content (AvgIpc) is 2.86. The number of thiazole rings is 1. The van der Waals surface area contributed by atoms with E-state index >= 15 is 0 Å². The highest BCUT2D eigenvalue weighted by molar-refractivity contribution is 7.18. The van der Waals surface area contributed by atoms with Gasteiger partial charge >= 0.3 is 0 Å². The fourth-order valence-electron chi connectivity index (χ4n) is 1.98. The molecule has 0 unspecified atom stereocenters. The van der Waals surface area contributed by atoms with Crippen molar-refractivity contribution < 1.29 is 4.79 Å². The Hall–Kier alpha value is -1.46. The molecule has 2 rings (SSSR count). The molecular weight excluding hydrogens is 270 g/mol. The minimum atomic E-state index is 0.129. The Morgan fingerprint density at radius 3 is 2.95 bits per heavy atom. The maximum atomic E-state index is 11.6. The fourth-order valence-corrected chi connectivity index (χ4v) is 2.99. The van der Waals surface area contributed by atoms with Crippen molar-refractivity contribution >= 4 is 27.5 Å². The van der Waals surface area contributed by atoms with Crippen molar-refractivity contribution in [1.82, 2.24) is 15.6 Å². The Morgan fingerprint density at radius 2 is 2.15 bits per heavy atom. The lowest BCUT2D eigenvalue weighted by molar-refractivity contribution is -0.121. The van der Waals surface area contributed by atoms with Crippen LogP contribution in [0.25, 0.3) is 10.2 Å². The number of aryl methyl sites for hydroxylation is 1. The zero-order chi connectivity index (χ0) is 14.2. The Bertz CT molecular complexity index is 520. The number of nitrogens with zero attached hydrogens (tertiary/aromatic N) is 1. The van der Waals surface area contributed by atoms with Gasteiger partial charge in [0.15, 0.2) is 0 Å². The molecule has 2 N–H and O–H groups in total. The molecular formula is C15H21N3OS. The summed E-state index contributed by atoms with van der Waals surface area (Å²) in [4.78, 5) is 16.2. The average molecular weight is 291 g/mol. The van der Waals surface area contributed by atoms with E-state index in [0.717, 1.165) is 36.5 Å². The molecule has 0 saturated heterocycles. The van der Waals surface area contributed by atoms with Gasteiger partial charge in [0.2, 0.25) is 5.91 Å². The van der Waals surface area contributed by atoms with Crippen LogP contribution in [-0.2, 0) is 11.2 Å². The number of aromatic nitrogens is 1. The van der Waals surface area contributed by atoms with Crippen LogP contribution in [0.1, 0.15) is 24.8 Å². The number of hydrogen-bond acceptors (Lipinski definition) is 4. The summed E-state index contributed by atoms with van der Waals surface area (Å²) in [6.07, 6.45) is 2.30. The lowest BCUT2D eigenvalue weighted by Crippen LogP contribution is -2.31. The summed E-state index contributed by atoms with van der Waals surface area (Å²) in [5.74, 6) is 0.129. The zero-order valence-corrected chi connectivity index (χ0v) is 12.6. The Morgan fingerprint density at radius 1 is 1.30 bits per heavy atom. The molecule has 2 aromatic rings. The topological polar surface area (TPSA) is 54.0 Å². The van der Waals surface area contributed by atoms with Gasteiger partial charge in [-0.15, -0.1) is 11.3 Å². The molecule has 1 heterocycles. The van der Waals surface area contributed by atoms with Gasteiger partial charge < -0.3 is 10.6 Å². The number of benzene rings is 1. The number of para-hydroxylation sites is 1. The molecule has 0 radical (unpaired) electrons. The summed E-state index contributed by atoms with van der Waals surface area (Å²) in [6.45, 7) is 4.53. The number of fused-ring (bicyclic) bond motifs is 1. The van der Waals surface area contributed by atoms with Gasteiger partial charge in [0, 0.05) is 19.5 Å². The summed E-state index contributed by atoms with van der Waals surface area (Å²) in [6, 6.07) is 8.15. The number of nitrogens with one attached hydrogen (secondary N) is 2. The monoisotopic (exact) mass is 291 g/mol. The van der Waals surface area contributed by atoms with Crippen molar-refractivity contribution in [3.63, 3.8) is 0 Å². The zero-order valence-electron chi connectivity index (χ0n) is 11.8. The summed E-state index contributed by atoms with van der Waals surface area (Å²) in [5.41, 5.74) is 1.06. The molecule has 0 aliphatic carbocycles. The highest BCUT2D eigenvalue weighted by Crippen LogP contribution is 2.22. The predicted octanol–water partition coefficient (Wildman–Crippen LogP) is 2.34. The van der Waals surface area contributed by atoms with Crippen LogP contribution < -0.4 is 10.6 Å². The lowest BCUT2D eigenvalue weighted by atomic mass is 10.2. The highest BCUT2D eigenvalue weighted by Gasteiger charge is 2.05. The van der Waals surface area contributed by atoms with E-state index in [4.69, 9.17) is 0 Å². The van der Waals surface area contributed by atoms with E-state index in [0.29, 0.717) is 13.0 Å². The van der Waals surface area contributed by atoms with Crippen LogP contribution in [0.3, 0.4) is 0 Å². The van der Waals surface area contributed by atoms with E-state index in [1.54, 1.807) is 11.3 Å². The maximum absolute atomic E-state index is 11.6. The number of rotatable bonds is 8. The molecule has 0 atom stereocenters. The summed E-state index contributed by atoms with van der Waals surface area (Å²) in [5, 5.41) is 7.21. The van der Waals surface area contributed by atoms with Gasteiger partial charge in [-0.25, -0.2) is 4.98 Å². The third kappa shape index (κ3) is 4.58. The van der Waals surface area contributed by atoms with Crippen LogP contribution in [0.5, 0.6) is 0 Å². The van der Waals surface area contributed by atoms with E-state index in [1.165, 1.54) is 4.70 Å². The van der Waals surface area contributed by atoms with Gasteiger partial charge in [-0.05, 0) is 31.5 Å².